The van der Waals surface area contributed by atoms with Crippen molar-refractivity contribution in [3.63, 3.8) is 0 Å². The Labute approximate surface area is 146 Å². The molecule has 1 heterocycles. The van der Waals surface area contributed by atoms with Crippen LogP contribution in [0.5, 0.6) is 0 Å². The van der Waals surface area contributed by atoms with Crippen molar-refractivity contribution in [1.29, 1.82) is 0 Å². The highest BCUT2D eigenvalue weighted by Crippen LogP contribution is 2.27. The summed E-state index contributed by atoms with van der Waals surface area (Å²) in [6.07, 6.45) is 0.748. The van der Waals surface area contributed by atoms with Crippen LogP contribution < -0.4 is 0 Å². The molecule has 0 spiro atoms. The molecule has 0 N–H and O–H groups in total. The lowest BCUT2D eigenvalue weighted by Crippen LogP contribution is -2.27. The summed E-state index contributed by atoms with van der Waals surface area (Å²) in [5.41, 5.74) is 2.79. The van der Waals surface area contributed by atoms with Crippen LogP contribution in [-0.4, -0.2) is 29.6 Å². The minimum Gasteiger partial charge on any atom is -0.272 e. The van der Waals surface area contributed by atoms with E-state index in [1.807, 2.05) is 20.9 Å². The summed E-state index contributed by atoms with van der Waals surface area (Å²) < 4.78 is 28.5. The van der Waals surface area contributed by atoms with E-state index < -0.39 is 10.0 Å². The van der Waals surface area contributed by atoms with Gasteiger partial charge in [0.15, 0.2) is 0 Å². The van der Waals surface area contributed by atoms with Gasteiger partial charge in [-0.15, -0.1) is 0 Å². The Morgan fingerprint density at radius 2 is 1.91 bits per heavy atom. The maximum atomic E-state index is 12.7. The molecule has 0 aliphatic heterocycles. The predicted octanol–water partition coefficient (Wildman–Crippen LogP) is 3.42. The molecule has 5 nitrogen and oxygen atoms in total. The van der Waals surface area contributed by atoms with Crippen molar-refractivity contribution in [3.05, 3.63) is 45.2 Å². The van der Waals surface area contributed by atoms with Gasteiger partial charge >= 0.3 is 0 Å². The normalized spacial score (nSPS) is 12.1. The Hall–Kier alpha value is -1.08. The van der Waals surface area contributed by atoms with Crippen LogP contribution in [0.2, 0.25) is 10.0 Å². The fourth-order valence-electron chi connectivity index (χ4n) is 2.34. The van der Waals surface area contributed by atoms with E-state index in [4.69, 9.17) is 23.2 Å². The third-order valence-corrected chi connectivity index (χ3v) is 6.39. The number of sulfonamides is 1. The van der Waals surface area contributed by atoms with Crippen LogP contribution in [-0.2, 0) is 30.0 Å². The van der Waals surface area contributed by atoms with Crippen LogP contribution in [0, 0.1) is 6.92 Å². The number of hydrogen-bond acceptors (Lipinski definition) is 3. The molecular weight excluding hydrogens is 357 g/mol. The molecule has 0 amide bonds. The van der Waals surface area contributed by atoms with Gasteiger partial charge in [0.05, 0.1) is 20.6 Å². The van der Waals surface area contributed by atoms with E-state index in [9.17, 15) is 8.42 Å². The summed E-state index contributed by atoms with van der Waals surface area (Å²) in [4.78, 5) is 0.119. The molecule has 2 rings (SSSR count). The van der Waals surface area contributed by atoms with Gasteiger partial charge in [-0.05, 0) is 31.5 Å². The van der Waals surface area contributed by atoms with Gasteiger partial charge in [0.1, 0.15) is 0 Å². The van der Waals surface area contributed by atoms with Gasteiger partial charge in [0.2, 0.25) is 10.0 Å². The second-order valence-corrected chi connectivity index (χ2v) is 8.18. The quantitative estimate of drug-likeness (QED) is 0.804. The highest BCUT2D eigenvalue weighted by Gasteiger charge is 2.24. The minimum atomic E-state index is -3.66. The number of aryl methyl sites for hydroxylation is 2. The summed E-state index contributed by atoms with van der Waals surface area (Å²) in [5.74, 6) is 0. The van der Waals surface area contributed by atoms with Crippen molar-refractivity contribution in [2.45, 2.75) is 31.7 Å². The molecule has 1 aromatic carbocycles. The van der Waals surface area contributed by atoms with Crippen molar-refractivity contribution in [2.75, 3.05) is 7.05 Å². The number of halogens is 2. The van der Waals surface area contributed by atoms with Crippen LogP contribution in [0.3, 0.4) is 0 Å². The maximum Gasteiger partial charge on any atom is 0.243 e. The first-order chi connectivity index (χ1) is 10.7. The van der Waals surface area contributed by atoms with Crippen molar-refractivity contribution in [3.8, 4) is 0 Å². The molecule has 1 aromatic heterocycles. The predicted molar refractivity (Wildman–Crippen MR) is 92.4 cm³/mol. The molecule has 2 aromatic rings. The molecule has 0 fully saturated rings. The number of hydrogen-bond donors (Lipinski definition) is 0. The van der Waals surface area contributed by atoms with E-state index in [-0.39, 0.29) is 16.5 Å². The summed E-state index contributed by atoms with van der Waals surface area (Å²) in [7, 11) is -0.258. The second-order valence-electron chi connectivity index (χ2n) is 5.32. The van der Waals surface area contributed by atoms with E-state index in [2.05, 4.69) is 5.10 Å². The fraction of sp³-hybridized carbons (Fsp3) is 0.400. The van der Waals surface area contributed by atoms with E-state index in [0.29, 0.717) is 5.02 Å². The SMILES string of the molecule is CCc1nn(C)c(C)c1CN(C)S(=O)(=O)c1ccc(Cl)c(Cl)c1. The molecule has 0 unspecified atom stereocenters. The number of benzene rings is 1. The lowest BCUT2D eigenvalue weighted by Gasteiger charge is -2.18. The summed E-state index contributed by atoms with van der Waals surface area (Å²) >= 11 is 11.8. The van der Waals surface area contributed by atoms with Crippen LogP contribution in [0.1, 0.15) is 23.9 Å². The lowest BCUT2D eigenvalue weighted by molar-refractivity contribution is 0.464. The first-order valence-electron chi connectivity index (χ1n) is 7.11. The number of nitrogens with zero attached hydrogens (tertiary/aromatic N) is 3. The van der Waals surface area contributed by atoms with Gasteiger partial charge in [-0.3, -0.25) is 4.68 Å². The summed E-state index contributed by atoms with van der Waals surface area (Å²) in [6.45, 7) is 4.19. The van der Waals surface area contributed by atoms with Gasteiger partial charge in [0, 0.05) is 31.9 Å². The average Bonchev–Trinajstić information content (AvgIpc) is 2.77. The van der Waals surface area contributed by atoms with E-state index in [1.54, 1.807) is 11.7 Å². The van der Waals surface area contributed by atoms with Crippen molar-refractivity contribution in [2.24, 2.45) is 7.05 Å². The molecule has 0 atom stereocenters. The zero-order chi connectivity index (χ0) is 17.4. The molecule has 0 aliphatic rings. The molecule has 0 bridgehead atoms. The van der Waals surface area contributed by atoms with Crippen LogP contribution >= 0.6 is 23.2 Å². The van der Waals surface area contributed by atoms with Crippen LogP contribution in [0.15, 0.2) is 23.1 Å². The molecular formula is C15H19Cl2N3O2S. The highest BCUT2D eigenvalue weighted by atomic mass is 35.5. The number of aromatic nitrogens is 2. The third kappa shape index (κ3) is 3.55. The molecule has 23 heavy (non-hydrogen) atoms. The second kappa shape index (κ2) is 6.81. The Kier molecular flexibility index (Phi) is 5.41. The third-order valence-electron chi connectivity index (χ3n) is 3.86. The Morgan fingerprint density at radius 3 is 2.48 bits per heavy atom. The molecule has 0 saturated carbocycles. The van der Waals surface area contributed by atoms with E-state index in [0.717, 1.165) is 23.4 Å². The molecule has 126 valence electrons. The van der Waals surface area contributed by atoms with E-state index in [1.165, 1.54) is 22.5 Å². The van der Waals surface area contributed by atoms with Crippen molar-refractivity contribution < 1.29 is 8.42 Å². The number of rotatable bonds is 5. The first-order valence-corrected chi connectivity index (χ1v) is 9.30. The highest BCUT2D eigenvalue weighted by molar-refractivity contribution is 7.89. The topological polar surface area (TPSA) is 55.2 Å². The van der Waals surface area contributed by atoms with Gasteiger partial charge < -0.3 is 0 Å². The largest absolute Gasteiger partial charge is 0.272 e. The standard InChI is InChI=1S/C15H19Cl2N3O2S/c1-5-15-12(10(2)20(4)18-15)9-19(3)23(21,22)11-6-7-13(16)14(17)8-11/h6-8H,5,9H2,1-4H3. The van der Waals surface area contributed by atoms with Gasteiger partial charge in [0.25, 0.3) is 0 Å². The molecule has 0 aliphatic carbocycles. The van der Waals surface area contributed by atoms with E-state index >= 15 is 0 Å². The van der Waals surface area contributed by atoms with Crippen LogP contribution in [0.25, 0.3) is 0 Å². The molecule has 8 heteroatoms. The van der Waals surface area contributed by atoms with Gasteiger partial charge in [-0.25, -0.2) is 8.42 Å². The fourth-order valence-corrected chi connectivity index (χ4v) is 3.86. The Morgan fingerprint density at radius 1 is 1.26 bits per heavy atom. The molecule has 0 saturated heterocycles. The zero-order valence-electron chi connectivity index (χ0n) is 13.5. The maximum absolute atomic E-state index is 12.7. The zero-order valence-corrected chi connectivity index (χ0v) is 15.8. The van der Waals surface area contributed by atoms with Crippen molar-refractivity contribution >= 4 is 33.2 Å². The Bertz CT molecular complexity index is 831. The summed E-state index contributed by atoms with van der Waals surface area (Å²) in [5, 5.41) is 4.96. The van der Waals surface area contributed by atoms with Gasteiger partial charge in [-0.1, -0.05) is 30.1 Å². The summed E-state index contributed by atoms with van der Waals surface area (Å²) in [6, 6.07) is 4.31. The Balaban J connectivity index is 2.36. The van der Waals surface area contributed by atoms with Crippen LogP contribution in [0.4, 0.5) is 0 Å². The average molecular weight is 376 g/mol. The lowest BCUT2D eigenvalue weighted by atomic mass is 10.1. The monoisotopic (exact) mass is 375 g/mol. The van der Waals surface area contributed by atoms with Gasteiger partial charge in [-0.2, -0.15) is 9.40 Å². The molecule has 0 radical (unpaired) electrons. The first kappa shape index (κ1) is 18.3. The van der Waals surface area contributed by atoms with Crippen molar-refractivity contribution in [1.82, 2.24) is 14.1 Å². The smallest absolute Gasteiger partial charge is 0.243 e. The minimum absolute atomic E-state index is 0.119.